The molecule has 1 aromatic heterocycles. The summed E-state index contributed by atoms with van der Waals surface area (Å²) in [5.74, 6) is 1.90. The molecule has 1 aromatic carbocycles. The number of nitrogens with one attached hydrogen (secondary N) is 1. The van der Waals surface area contributed by atoms with Gasteiger partial charge in [-0.1, -0.05) is 49.3 Å². The fraction of sp³-hybridized carbons (Fsp3) is 0.550. The number of amides is 2. The molecule has 1 fully saturated rings. The van der Waals surface area contributed by atoms with Crippen LogP contribution in [0.2, 0.25) is 0 Å². The number of ether oxygens (including phenoxy) is 1. The number of benzene rings is 1. The molecule has 0 atom stereocenters. The van der Waals surface area contributed by atoms with Crippen molar-refractivity contribution in [3.63, 3.8) is 0 Å². The highest BCUT2D eigenvalue weighted by Crippen LogP contribution is 2.26. The molecule has 0 unspecified atom stereocenters. The van der Waals surface area contributed by atoms with E-state index in [9.17, 15) is 4.79 Å². The van der Waals surface area contributed by atoms with Crippen LogP contribution in [-0.4, -0.2) is 40.7 Å². The van der Waals surface area contributed by atoms with Crippen molar-refractivity contribution in [3.8, 4) is 0 Å². The predicted octanol–water partition coefficient (Wildman–Crippen LogP) is 3.33. The quantitative estimate of drug-likeness (QED) is 0.806. The van der Waals surface area contributed by atoms with E-state index in [2.05, 4.69) is 29.3 Å². The van der Waals surface area contributed by atoms with Gasteiger partial charge in [-0.25, -0.2) is 4.79 Å². The van der Waals surface area contributed by atoms with Crippen LogP contribution in [0.3, 0.4) is 0 Å². The van der Waals surface area contributed by atoms with Gasteiger partial charge in [0, 0.05) is 25.6 Å². The maximum absolute atomic E-state index is 12.1. The number of rotatable bonds is 7. The van der Waals surface area contributed by atoms with Crippen LogP contribution >= 0.6 is 0 Å². The summed E-state index contributed by atoms with van der Waals surface area (Å²) in [7, 11) is 0. The predicted molar refractivity (Wildman–Crippen MR) is 101 cm³/mol. The Morgan fingerprint density at radius 1 is 1.26 bits per heavy atom. The van der Waals surface area contributed by atoms with Crippen molar-refractivity contribution in [1.82, 2.24) is 20.4 Å². The Hall–Kier alpha value is -2.41. The zero-order valence-electron chi connectivity index (χ0n) is 16.1. The second kappa shape index (κ2) is 9.50. The number of nitrogens with zero attached hydrogens (tertiary/aromatic N) is 3. The summed E-state index contributed by atoms with van der Waals surface area (Å²) in [5, 5.41) is 7.08. The minimum Gasteiger partial charge on any atom is -0.367 e. The van der Waals surface area contributed by atoms with Gasteiger partial charge in [-0.15, -0.1) is 0 Å². The highest BCUT2D eigenvalue weighted by Gasteiger charge is 2.27. The second-order valence-corrected chi connectivity index (χ2v) is 7.37. The van der Waals surface area contributed by atoms with Gasteiger partial charge in [-0.2, -0.15) is 4.98 Å². The normalized spacial score (nSPS) is 15.3. The number of urea groups is 1. The Morgan fingerprint density at radius 2 is 2.00 bits per heavy atom. The van der Waals surface area contributed by atoms with Crippen molar-refractivity contribution < 1.29 is 14.1 Å². The molecule has 7 heteroatoms. The summed E-state index contributed by atoms with van der Waals surface area (Å²) in [6.45, 7) is 7.12. The van der Waals surface area contributed by atoms with Gasteiger partial charge in [-0.05, 0) is 24.3 Å². The van der Waals surface area contributed by atoms with Crippen molar-refractivity contribution in [3.05, 3.63) is 47.6 Å². The number of carbonyl (C=O) groups is 1. The molecule has 1 aliphatic heterocycles. The topological polar surface area (TPSA) is 80.5 Å². The Balaban J connectivity index is 1.42. The Kier molecular flexibility index (Phi) is 6.81. The number of piperidine rings is 1. The van der Waals surface area contributed by atoms with Gasteiger partial charge < -0.3 is 19.5 Å². The van der Waals surface area contributed by atoms with Gasteiger partial charge in [0.05, 0.1) is 6.61 Å². The summed E-state index contributed by atoms with van der Waals surface area (Å²) in [6, 6.07) is 10.0. The fourth-order valence-electron chi connectivity index (χ4n) is 3.07. The first kappa shape index (κ1) is 19.4. The molecule has 0 aliphatic carbocycles. The van der Waals surface area contributed by atoms with Crippen molar-refractivity contribution in [2.75, 3.05) is 19.6 Å². The van der Waals surface area contributed by atoms with Gasteiger partial charge in [0.25, 0.3) is 5.89 Å². The molecule has 1 saturated heterocycles. The molecular formula is C20H28N4O3. The molecule has 0 radical (unpaired) electrons. The summed E-state index contributed by atoms with van der Waals surface area (Å²) >= 11 is 0. The van der Waals surface area contributed by atoms with E-state index in [0.717, 1.165) is 24.2 Å². The molecule has 2 aromatic rings. The minimum atomic E-state index is 0.0188. The molecule has 146 valence electrons. The van der Waals surface area contributed by atoms with E-state index in [1.807, 2.05) is 35.2 Å². The van der Waals surface area contributed by atoms with E-state index in [4.69, 9.17) is 9.26 Å². The molecule has 27 heavy (non-hydrogen) atoms. The van der Waals surface area contributed by atoms with Crippen LogP contribution in [0.25, 0.3) is 0 Å². The number of likely N-dealkylation sites (tertiary alicyclic amines) is 1. The van der Waals surface area contributed by atoms with E-state index in [0.29, 0.717) is 44.7 Å². The largest absolute Gasteiger partial charge is 0.367 e. The third-order valence-electron chi connectivity index (χ3n) is 4.63. The lowest BCUT2D eigenvalue weighted by Crippen LogP contribution is -2.45. The lowest BCUT2D eigenvalue weighted by molar-refractivity contribution is 0.0850. The summed E-state index contributed by atoms with van der Waals surface area (Å²) in [4.78, 5) is 18.5. The highest BCUT2D eigenvalue weighted by molar-refractivity contribution is 5.74. The lowest BCUT2D eigenvalue weighted by Gasteiger charge is -2.30. The fourth-order valence-corrected chi connectivity index (χ4v) is 3.07. The van der Waals surface area contributed by atoms with E-state index >= 15 is 0 Å². The molecule has 0 saturated carbocycles. The molecule has 1 aliphatic rings. The standard InChI is InChI=1S/C20H28N4O3/c1-15(2)12-21-20(25)24-10-8-17(9-11-24)19-22-18(27-23-19)14-26-13-16-6-4-3-5-7-16/h3-7,15,17H,8-14H2,1-2H3,(H,21,25). The Morgan fingerprint density at radius 3 is 2.70 bits per heavy atom. The van der Waals surface area contributed by atoms with Crippen LogP contribution < -0.4 is 5.32 Å². The molecular weight excluding hydrogens is 344 g/mol. The summed E-state index contributed by atoms with van der Waals surface area (Å²) in [5.41, 5.74) is 1.11. The van der Waals surface area contributed by atoms with E-state index in [1.54, 1.807) is 0 Å². The van der Waals surface area contributed by atoms with Crippen LogP contribution in [0, 0.1) is 5.92 Å². The third-order valence-corrected chi connectivity index (χ3v) is 4.63. The summed E-state index contributed by atoms with van der Waals surface area (Å²) in [6.07, 6.45) is 1.69. The Labute approximate surface area is 160 Å². The maximum atomic E-state index is 12.1. The second-order valence-electron chi connectivity index (χ2n) is 7.37. The van der Waals surface area contributed by atoms with Gasteiger partial charge in [0.2, 0.25) is 0 Å². The van der Waals surface area contributed by atoms with Crippen molar-refractivity contribution >= 4 is 6.03 Å². The average Bonchev–Trinajstić information content (AvgIpc) is 3.16. The van der Waals surface area contributed by atoms with Crippen LogP contribution in [0.1, 0.15) is 49.9 Å². The summed E-state index contributed by atoms with van der Waals surface area (Å²) < 4.78 is 11.0. The van der Waals surface area contributed by atoms with Gasteiger partial charge in [0.15, 0.2) is 5.82 Å². The van der Waals surface area contributed by atoms with Crippen LogP contribution in [0.15, 0.2) is 34.9 Å². The van der Waals surface area contributed by atoms with Crippen molar-refractivity contribution in [1.29, 1.82) is 0 Å². The van der Waals surface area contributed by atoms with Gasteiger partial charge in [-0.3, -0.25) is 0 Å². The molecule has 0 bridgehead atoms. The van der Waals surface area contributed by atoms with E-state index < -0.39 is 0 Å². The molecule has 2 heterocycles. The third kappa shape index (κ3) is 5.79. The average molecular weight is 372 g/mol. The zero-order chi connectivity index (χ0) is 19.1. The number of aromatic nitrogens is 2. The molecule has 7 nitrogen and oxygen atoms in total. The first-order chi connectivity index (χ1) is 13.1. The van der Waals surface area contributed by atoms with E-state index in [1.165, 1.54) is 0 Å². The number of hydrogen-bond acceptors (Lipinski definition) is 5. The highest BCUT2D eigenvalue weighted by atomic mass is 16.5. The molecule has 3 rings (SSSR count). The monoisotopic (exact) mass is 372 g/mol. The molecule has 1 N–H and O–H groups in total. The van der Waals surface area contributed by atoms with Gasteiger partial charge >= 0.3 is 6.03 Å². The molecule has 2 amide bonds. The smallest absolute Gasteiger partial charge is 0.317 e. The van der Waals surface area contributed by atoms with Crippen LogP contribution in [-0.2, 0) is 18.0 Å². The molecule has 0 spiro atoms. The number of hydrogen-bond donors (Lipinski definition) is 1. The van der Waals surface area contributed by atoms with Crippen LogP contribution in [0.5, 0.6) is 0 Å². The number of carbonyl (C=O) groups excluding carboxylic acids is 1. The lowest BCUT2D eigenvalue weighted by atomic mass is 9.96. The van der Waals surface area contributed by atoms with Crippen molar-refractivity contribution in [2.24, 2.45) is 5.92 Å². The van der Waals surface area contributed by atoms with Crippen LogP contribution in [0.4, 0.5) is 4.79 Å². The SMILES string of the molecule is CC(C)CNC(=O)N1CCC(c2noc(COCc3ccccc3)n2)CC1. The zero-order valence-corrected chi connectivity index (χ0v) is 16.1. The first-order valence-electron chi connectivity index (χ1n) is 9.58. The first-order valence-corrected chi connectivity index (χ1v) is 9.58. The van der Waals surface area contributed by atoms with Crippen molar-refractivity contribution in [2.45, 2.75) is 45.8 Å². The maximum Gasteiger partial charge on any atom is 0.317 e. The van der Waals surface area contributed by atoms with Gasteiger partial charge in [0.1, 0.15) is 6.61 Å². The van der Waals surface area contributed by atoms with E-state index in [-0.39, 0.29) is 11.9 Å². The minimum absolute atomic E-state index is 0.0188. The Bertz CT molecular complexity index is 709.